The summed E-state index contributed by atoms with van der Waals surface area (Å²) in [5, 5.41) is 11.5. The van der Waals surface area contributed by atoms with E-state index in [9.17, 15) is 14.0 Å². The number of aliphatic carboxylic acids is 1. The molecule has 0 atom stereocenters. The minimum Gasteiger partial charge on any atom is -0.480 e. The Labute approximate surface area is 140 Å². The van der Waals surface area contributed by atoms with Gasteiger partial charge >= 0.3 is 5.97 Å². The first-order chi connectivity index (χ1) is 11.5. The molecule has 24 heavy (non-hydrogen) atoms. The van der Waals surface area contributed by atoms with Crippen LogP contribution in [0.25, 0.3) is 21.3 Å². The highest BCUT2D eigenvalue weighted by Crippen LogP contribution is 2.28. The van der Waals surface area contributed by atoms with Gasteiger partial charge in [0.15, 0.2) is 0 Å². The lowest BCUT2D eigenvalue weighted by Gasteiger charge is -2.01. The van der Waals surface area contributed by atoms with Gasteiger partial charge in [0, 0.05) is 0 Å². The fraction of sp³-hybridized carbons (Fsp3) is 0.118. The molecule has 1 heterocycles. The summed E-state index contributed by atoms with van der Waals surface area (Å²) in [6.45, 7) is -0.404. The van der Waals surface area contributed by atoms with Gasteiger partial charge in [0.25, 0.3) is 0 Å². The number of carboxylic acids is 1. The molecular weight excluding hydrogens is 331 g/mol. The van der Waals surface area contributed by atoms with E-state index >= 15 is 0 Å². The first kappa shape index (κ1) is 16.1. The molecule has 122 valence electrons. The maximum Gasteiger partial charge on any atom is 0.322 e. The standard InChI is InChI=1S/C17H13FN2O3S/c18-12-4-1-10(2-5-12)11-3-6-14-13(7-11)20-16(24-14)8-15(21)19-9-17(22)23/h1-7H,8-9H2,(H,19,21)(H,22,23). The predicted molar refractivity (Wildman–Crippen MR) is 89.4 cm³/mol. The van der Waals surface area contributed by atoms with Crippen LogP contribution in [0.2, 0.25) is 0 Å². The SMILES string of the molecule is O=C(O)CNC(=O)Cc1nc2cc(-c3ccc(F)cc3)ccc2s1. The number of halogens is 1. The Balaban J connectivity index is 1.80. The Morgan fingerprint density at radius 3 is 2.54 bits per heavy atom. The van der Waals surface area contributed by atoms with Crippen molar-refractivity contribution in [3.63, 3.8) is 0 Å². The van der Waals surface area contributed by atoms with Crippen molar-refractivity contribution in [1.82, 2.24) is 10.3 Å². The van der Waals surface area contributed by atoms with Crippen LogP contribution < -0.4 is 5.32 Å². The summed E-state index contributed by atoms with van der Waals surface area (Å²) in [4.78, 5) is 26.5. The minimum absolute atomic E-state index is 0.0402. The molecular formula is C17H13FN2O3S. The lowest BCUT2D eigenvalue weighted by molar-refractivity contribution is -0.137. The highest BCUT2D eigenvalue weighted by Gasteiger charge is 2.11. The van der Waals surface area contributed by atoms with Crippen molar-refractivity contribution in [2.75, 3.05) is 6.54 Å². The lowest BCUT2D eigenvalue weighted by Crippen LogP contribution is -2.30. The third-order valence-corrected chi connectivity index (χ3v) is 4.39. The van der Waals surface area contributed by atoms with E-state index in [1.54, 1.807) is 12.1 Å². The van der Waals surface area contributed by atoms with E-state index in [-0.39, 0.29) is 18.1 Å². The van der Waals surface area contributed by atoms with Gasteiger partial charge in [-0.2, -0.15) is 0 Å². The number of rotatable bonds is 5. The maximum absolute atomic E-state index is 13.0. The van der Waals surface area contributed by atoms with E-state index in [0.717, 1.165) is 21.3 Å². The van der Waals surface area contributed by atoms with Crippen LogP contribution in [0.15, 0.2) is 42.5 Å². The van der Waals surface area contributed by atoms with Crippen LogP contribution in [0.4, 0.5) is 4.39 Å². The van der Waals surface area contributed by atoms with Crippen molar-refractivity contribution >= 4 is 33.4 Å². The molecule has 5 nitrogen and oxygen atoms in total. The van der Waals surface area contributed by atoms with Gasteiger partial charge in [-0.15, -0.1) is 11.3 Å². The van der Waals surface area contributed by atoms with Gasteiger partial charge in [0.05, 0.1) is 16.6 Å². The van der Waals surface area contributed by atoms with Crippen molar-refractivity contribution in [3.05, 3.63) is 53.3 Å². The smallest absolute Gasteiger partial charge is 0.322 e. The molecule has 0 aliphatic rings. The monoisotopic (exact) mass is 344 g/mol. The third-order valence-electron chi connectivity index (χ3n) is 3.36. The summed E-state index contributed by atoms with van der Waals surface area (Å²) in [5.74, 6) is -1.75. The third kappa shape index (κ3) is 3.75. The molecule has 3 rings (SSSR count). The maximum atomic E-state index is 13.0. The molecule has 0 unspecified atom stereocenters. The number of carbonyl (C=O) groups excluding carboxylic acids is 1. The zero-order chi connectivity index (χ0) is 17.1. The number of carboxylic acid groups (broad SMARTS) is 1. The molecule has 2 aromatic carbocycles. The molecule has 0 saturated heterocycles. The number of thiazole rings is 1. The summed E-state index contributed by atoms with van der Waals surface area (Å²) >= 11 is 1.39. The van der Waals surface area contributed by atoms with Crippen molar-refractivity contribution in [3.8, 4) is 11.1 Å². The summed E-state index contributed by atoms with van der Waals surface area (Å²) in [5.41, 5.74) is 2.55. The van der Waals surface area contributed by atoms with Gasteiger partial charge in [-0.25, -0.2) is 9.37 Å². The van der Waals surface area contributed by atoms with E-state index in [0.29, 0.717) is 5.01 Å². The van der Waals surface area contributed by atoms with Crippen LogP contribution in [-0.2, 0) is 16.0 Å². The van der Waals surface area contributed by atoms with E-state index in [1.165, 1.54) is 23.5 Å². The molecule has 0 radical (unpaired) electrons. The van der Waals surface area contributed by atoms with Gasteiger partial charge < -0.3 is 10.4 Å². The fourth-order valence-corrected chi connectivity index (χ4v) is 3.19. The molecule has 0 fully saturated rings. The molecule has 1 amide bonds. The Morgan fingerprint density at radius 2 is 1.83 bits per heavy atom. The Kier molecular flexibility index (Phi) is 4.52. The fourth-order valence-electron chi connectivity index (χ4n) is 2.25. The average Bonchev–Trinajstić information content (AvgIpc) is 2.94. The van der Waals surface area contributed by atoms with Crippen LogP contribution in [0.1, 0.15) is 5.01 Å². The number of carbonyl (C=O) groups is 2. The van der Waals surface area contributed by atoms with E-state index in [2.05, 4.69) is 10.3 Å². The molecule has 0 spiro atoms. The topological polar surface area (TPSA) is 79.3 Å². The second kappa shape index (κ2) is 6.76. The second-order valence-corrected chi connectivity index (χ2v) is 6.26. The van der Waals surface area contributed by atoms with Gasteiger partial charge in [-0.05, 0) is 35.4 Å². The van der Waals surface area contributed by atoms with Crippen molar-refractivity contribution in [2.45, 2.75) is 6.42 Å². The summed E-state index contributed by atoms with van der Waals surface area (Å²) in [7, 11) is 0. The highest BCUT2D eigenvalue weighted by atomic mass is 32.1. The second-order valence-electron chi connectivity index (χ2n) is 5.14. The van der Waals surface area contributed by atoms with Crippen LogP contribution in [0, 0.1) is 5.82 Å². The first-order valence-electron chi connectivity index (χ1n) is 7.15. The van der Waals surface area contributed by atoms with E-state index in [4.69, 9.17) is 5.11 Å². The Morgan fingerprint density at radius 1 is 1.12 bits per heavy atom. The van der Waals surface area contributed by atoms with Gasteiger partial charge in [-0.3, -0.25) is 9.59 Å². The molecule has 0 saturated carbocycles. The normalized spacial score (nSPS) is 10.7. The van der Waals surface area contributed by atoms with Crippen LogP contribution in [0.3, 0.4) is 0 Å². The van der Waals surface area contributed by atoms with E-state index in [1.807, 2.05) is 18.2 Å². The number of fused-ring (bicyclic) bond motifs is 1. The number of nitrogens with zero attached hydrogens (tertiary/aromatic N) is 1. The van der Waals surface area contributed by atoms with Gasteiger partial charge in [-0.1, -0.05) is 18.2 Å². The molecule has 7 heteroatoms. The van der Waals surface area contributed by atoms with Crippen molar-refractivity contribution < 1.29 is 19.1 Å². The van der Waals surface area contributed by atoms with Crippen LogP contribution in [-0.4, -0.2) is 28.5 Å². The molecule has 0 bridgehead atoms. The first-order valence-corrected chi connectivity index (χ1v) is 7.97. The van der Waals surface area contributed by atoms with Crippen LogP contribution in [0.5, 0.6) is 0 Å². The molecule has 3 aromatic rings. The highest BCUT2D eigenvalue weighted by molar-refractivity contribution is 7.18. The number of amides is 1. The number of aromatic nitrogens is 1. The van der Waals surface area contributed by atoms with Crippen molar-refractivity contribution in [2.24, 2.45) is 0 Å². The lowest BCUT2D eigenvalue weighted by atomic mass is 10.1. The summed E-state index contributed by atoms with van der Waals surface area (Å²) in [6.07, 6.45) is 0.0402. The number of hydrogen-bond acceptors (Lipinski definition) is 4. The quantitative estimate of drug-likeness (QED) is 0.746. The minimum atomic E-state index is -1.09. The zero-order valence-corrected chi connectivity index (χ0v) is 13.3. The number of benzene rings is 2. The average molecular weight is 344 g/mol. The summed E-state index contributed by atoms with van der Waals surface area (Å²) < 4.78 is 13.9. The molecule has 2 N–H and O–H groups in total. The number of nitrogens with one attached hydrogen (secondary N) is 1. The Bertz CT molecular complexity index is 906. The largest absolute Gasteiger partial charge is 0.480 e. The molecule has 1 aromatic heterocycles. The van der Waals surface area contributed by atoms with E-state index < -0.39 is 12.5 Å². The van der Waals surface area contributed by atoms with Crippen LogP contribution >= 0.6 is 11.3 Å². The zero-order valence-electron chi connectivity index (χ0n) is 12.5. The summed E-state index contributed by atoms with van der Waals surface area (Å²) in [6, 6.07) is 11.9. The van der Waals surface area contributed by atoms with Gasteiger partial charge in [0.1, 0.15) is 17.4 Å². The number of hydrogen-bond donors (Lipinski definition) is 2. The molecule has 0 aliphatic heterocycles. The van der Waals surface area contributed by atoms with Crippen molar-refractivity contribution in [1.29, 1.82) is 0 Å². The Hall–Kier alpha value is -2.80. The molecule has 0 aliphatic carbocycles. The van der Waals surface area contributed by atoms with Gasteiger partial charge in [0.2, 0.25) is 5.91 Å². The predicted octanol–water partition coefficient (Wildman–Crippen LogP) is 2.85.